The van der Waals surface area contributed by atoms with Gasteiger partial charge < -0.3 is 15.8 Å². The van der Waals surface area contributed by atoms with Crippen LogP contribution in [0.2, 0.25) is 0 Å². The summed E-state index contributed by atoms with van der Waals surface area (Å²) in [5, 5.41) is 9.79. The maximum absolute atomic E-state index is 12.1. The summed E-state index contributed by atoms with van der Waals surface area (Å²) in [5.41, 5.74) is 7.72. The molecule has 3 aromatic rings. The van der Waals surface area contributed by atoms with E-state index in [1.807, 2.05) is 55.6 Å². The number of carbonyl (C=O) groups is 1. The van der Waals surface area contributed by atoms with Crippen LogP contribution in [0.25, 0.3) is 11.4 Å². The fourth-order valence-electron chi connectivity index (χ4n) is 3.17. The number of benzene rings is 1. The summed E-state index contributed by atoms with van der Waals surface area (Å²) in [6, 6.07) is 11.1. The summed E-state index contributed by atoms with van der Waals surface area (Å²) in [7, 11) is 0. The van der Waals surface area contributed by atoms with Gasteiger partial charge in [0.25, 0.3) is 0 Å². The Morgan fingerprint density at radius 3 is 2.74 bits per heavy atom. The third kappa shape index (κ3) is 3.08. The van der Waals surface area contributed by atoms with E-state index in [0.29, 0.717) is 29.6 Å². The Labute approximate surface area is 160 Å². The zero-order valence-electron chi connectivity index (χ0n) is 15.0. The van der Waals surface area contributed by atoms with Gasteiger partial charge in [-0.25, -0.2) is 4.68 Å². The summed E-state index contributed by atoms with van der Waals surface area (Å²) in [6.07, 6.45) is 0. The van der Waals surface area contributed by atoms with Crippen molar-refractivity contribution in [2.75, 3.05) is 11.9 Å². The molecular weight excluding hydrogens is 362 g/mol. The number of hydrogen-bond acceptors (Lipinski definition) is 6. The van der Waals surface area contributed by atoms with Gasteiger partial charge in [-0.05, 0) is 49.6 Å². The average molecular weight is 381 g/mol. The highest BCUT2D eigenvalue weighted by molar-refractivity contribution is 7.10. The van der Waals surface area contributed by atoms with E-state index >= 15 is 0 Å². The minimum Gasteiger partial charge on any atom is -0.494 e. The average Bonchev–Trinajstić information content (AvgIpc) is 3.31. The maximum Gasteiger partial charge on any atom is 0.248 e. The molecule has 1 aliphatic heterocycles. The van der Waals surface area contributed by atoms with Gasteiger partial charge in [0, 0.05) is 16.1 Å². The van der Waals surface area contributed by atoms with Crippen LogP contribution in [-0.4, -0.2) is 27.3 Å². The van der Waals surface area contributed by atoms with E-state index in [1.54, 1.807) is 16.0 Å². The number of nitrogens with one attached hydrogen (secondary N) is 1. The molecule has 1 amide bonds. The first kappa shape index (κ1) is 17.3. The predicted molar refractivity (Wildman–Crippen MR) is 105 cm³/mol. The van der Waals surface area contributed by atoms with Gasteiger partial charge in [-0.2, -0.15) is 4.98 Å². The first-order valence-corrected chi connectivity index (χ1v) is 9.47. The maximum atomic E-state index is 12.1. The second-order valence-electron chi connectivity index (χ2n) is 6.11. The van der Waals surface area contributed by atoms with Crippen molar-refractivity contribution in [3.63, 3.8) is 0 Å². The zero-order chi connectivity index (χ0) is 19.0. The van der Waals surface area contributed by atoms with Crippen LogP contribution in [0.4, 0.5) is 5.95 Å². The number of aromatic nitrogens is 3. The Kier molecular flexibility index (Phi) is 4.41. The van der Waals surface area contributed by atoms with Crippen molar-refractivity contribution < 1.29 is 9.53 Å². The lowest BCUT2D eigenvalue weighted by Gasteiger charge is -2.26. The minimum absolute atomic E-state index is 0.386. The van der Waals surface area contributed by atoms with Gasteiger partial charge in [-0.3, -0.25) is 4.79 Å². The fraction of sp³-hybridized carbons (Fsp3) is 0.211. The Bertz CT molecular complexity index is 1010. The predicted octanol–water partition coefficient (Wildman–Crippen LogP) is 3.18. The van der Waals surface area contributed by atoms with Crippen LogP contribution >= 0.6 is 11.3 Å². The number of nitrogens with zero attached hydrogens (tertiary/aromatic N) is 3. The summed E-state index contributed by atoms with van der Waals surface area (Å²) in [6.45, 7) is 4.39. The minimum atomic E-state index is -0.470. The molecule has 1 aromatic carbocycles. The van der Waals surface area contributed by atoms with Gasteiger partial charge >= 0.3 is 0 Å². The molecule has 0 bridgehead atoms. The van der Waals surface area contributed by atoms with Crippen LogP contribution in [0, 0.1) is 0 Å². The number of anilines is 1. The standard InChI is InChI=1S/C19H19N5O2S/c1-3-26-13-8-6-12(7-9-13)18-22-19-21-11(2)15(17(20)25)16(24(19)23-18)14-5-4-10-27-14/h4-10,16H,3H2,1-2H3,(H2,20,25)(H,21,22,23)/t16-/m1/s1. The fourth-order valence-corrected chi connectivity index (χ4v) is 3.99. The molecule has 0 spiro atoms. The molecule has 3 heterocycles. The number of nitrogens with two attached hydrogens (primary N) is 1. The van der Waals surface area contributed by atoms with Crippen LogP contribution in [0.15, 0.2) is 53.0 Å². The lowest BCUT2D eigenvalue weighted by Crippen LogP contribution is -2.31. The number of allylic oxidation sites excluding steroid dienone is 1. The first-order chi connectivity index (χ1) is 13.1. The van der Waals surface area contributed by atoms with Crippen LogP contribution in [-0.2, 0) is 4.79 Å². The summed E-state index contributed by atoms with van der Waals surface area (Å²) >= 11 is 1.55. The number of carbonyl (C=O) groups excluding carboxylic acids is 1. The van der Waals surface area contributed by atoms with Crippen molar-refractivity contribution in [2.45, 2.75) is 19.9 Å². The molecule has 0 saturated carbocycles. The van der Waals surface area contributed by atoms with Gasteiger partial charge in [0.2, 0.25) is 11.9 Å². The van der Waals surface area contributed by atoms with Crippen LogP contribution in [0.1, 0.15) is 24.8 Å². The van der Waals surface area contributed by atoms with Crippen molar-refractivity contribution in [1.82, 2.24) is 14.8 Å². The Morgan fingerprint density at radius 2 is 2.11 bits per heavy atom. The van der Waals surface area contributed by atoms with Gasteiger partial charge in [-0.15, -0.1) is 16.4 Å². The van der Waals surface area contributed by atoms with Gasteiger partial charge in [-0.1, -0.05) is 6.07 Å². The van der Waals surface area contributed by atoms with Crippen molar-refractivity contribution in [1.29, 1.82) is 0 Å². The Morgan fingerprint density at radius 1 is 1.33 bits per heavy atom. The lowest BCUT2D eigenvalue weighted by atomic mass is 10.0. The van der Waals surface area contributed by atoms with Crippen LogP contribution in [0.5, 0.6) is 5.75 Å². The highest BCUT2D eigenvalue weighted by Gasteiger charge is 2.33. The van der Waals surface area contributed by atoms with Crippen molar-refractivity contribution in [3.8, 4) is 17.1 Å². The summed E-state index contributed by atoms with van der Waals surface area (Å²) in [4.78, 5) is 17.7. The van der Waals surface area contributed by atoms with E-state index < -0.39 is 5.91 Å². The molecule has 4 rings (SSSR count). The first-order valence-electron chi connectivity index (χ1n) is 8.59. The monoisotopic (exact) mass is 381 g/mol. The molecule has 0 aliphatic carbocycles. The number of ether oxygens (including phenoxy) is 1. The molecule has 7 nitrogen and oxygen atoms in total. The molecule has 1 atom stereocenters. The van der Waals surface area contributed by atoms with Crippen molar-refractivity contribution >= 4 is 23.2 Å². The SMILES string of the molecule is CCOc1ccc(-c2nc3n(n2)[C@H](c2cccs2)C(C(N)=O)=C(C)N3)cc1. The van der Waals surface area contributed by atoms with E-state index in [1.165, 1.54) is 0 Å². The van der Waals surface area contributed by atoms with Crippen molar-refractivity contribution in [3.05, 3.63) is 57.9 Å². The molecule has 1 aliphatic rings. The molecule has 27 heavy (non-hydrogen) atoms. The highest BCUT2D eigenvalue weighted by Crippen LogP contribution is 2.37. The van der Waals surface area contributed by atoms with E-state index in [2.05, 4.69) is 15.4 Å². The smallest absolute Gasteiger partial charge is 0.248 e. The zero-order valence-corrected chi connectivity index (χ0v) is 15.8. The number of thiophene rings is 1. The largest absolute Gasteiger partial charge is 0.494 e. The summed E-state index contributed by atoms with van der Waals surface area (Å²) in [5.74, 6) is 1.48. The van der Waals surface area contributed by atoms with Gasteiger partial charge in [0.1, 0.15) is 11.8 Å². The molecule has 0 radical (unpaired) electrons. The third-order valence-corrected chi connectivity index (χ3v) is 5.28. The van der Waals surface area contributed by atoms with E-state index in [0.717, 1.165) is 16.2 Å². The van der Waals surface area contributed by atoms with Gasteiger partial charge in [0.15, 0.2) is 5.82 Å². The molecular formula is C19H19N5O2S. The van der Waals surface area contributed by atoms with Crippen LogP contribution < -0.4 is 15.8 Å². The summed E-state index contributed by atoms with van der Waals surface area (Å²) < 4.78 is 7.21. The molecule has 2 aromatic heterocycles. The molecule has 8 heteroatoms. The molecule has 0 saturated heterocycles. The molecule has 3 N–H and O–H groups in total. The van der Waals surface area contributed by atoms with E-state index in [9.17, 15) is 4.79 Å². The van der Waals surface area contributed by atoms with Gasteiger partial charge in [0.05, 0.1) is 12.2 Å². The second kappa shape index (κ2) is 6.88. The number of hydrogen-bond donors (Lipinski definition) is 2. The normalized spacial score (nSPS) is 16.0. The quantitative estimate of drug-likeness (QED) is 0.708. The molecule has 0 fully saturated rings. The second-order valence-corrected chi connectivity index (χ2v) is 7.09. The topological polar surface area (TPSA) is 95.1 Å². The third-order valence-electron chi connectivity index (χ3n) is 4.35. The Hall–Kier alpha value is -3.13. The Balaban J connectivity index is 1.78. The number of amides is 1. The van der Waals surface area contributed by atoms with E-state index in [4.69, 9.17) is 10.5 Å². The highest BCUT2D eigenvalue weighted by atomic mass is 32.1. The number of rotatable bonds is 5. The molecule has 0 unspecified atom stereocenters. The lowest BCUT2D eigenvalue weighted by molar-refractivity contribution is -0.115. The number of primary amides is 1. The molecule has 138 valence electrons. The van der Waals surface area contributed by atoms with Crippen LogP contribution in [0.3, 0.4) is 0 Å². The van der Waals surface area contributed by atoms with Crippen molar-refractivity contribution in [2.24, 2.45) is 5.73 Å². The number of fused-ring (bicyclic) bond motifs is 1. The van der Waals surface area contributed by atoms with E-state index in [-0.39, 0.29) is 6.04 Å².